The molecule has 7 heteroatoms. The molecular formula is C19H27N5OS. The van der Waals surface area contributed by atoms with Crippen LogP contribution in [0.5, 0.6) is 0 Å². The molecule has 0 radical (unpaired) electrons. The molecule has 2 heterocycles. The minimum atomic E-state index is -0.211. The molecule has 0 unspecified atom stereocenters. The number of aryl methyl sites for hydroxylation is 1. The molecule has 0 bridgehead atoms. The van der Waals surface area contributed by atoms with Gasteiger partial charge in [-0.25, -0.2) is 0 Å². The summed E-state index contributed by atoms with van der Waals surface area (Å²) in [6.45, 7) is 9.12. The number of carbonyl (C=O) groups is 1. The molecule has 1 aliphatic heterocycles. The standard InChI is InChI=1S/C19H27N5OS/c1-5-16-10-6-7-12-23(16)18(25)15(4)26-19-20-21-22-24(19)17-11-8-9-13(2)14(17)3/h8-9,11,15-16H,5-7,10,12H2,1-4H3/t15-,16+/m0/s1. The van der Waals surface area contributed by atoms with Gasteiger partial charge < -0.3 is 4.90 Å². The molecule has 3 rings (SSSR count). The first kappa shape index (κ1) is 18.9. The van der Waals surface area contributed by atoms with Gasteiger partial charge in [0, 0.05) is 12.6 Å². The first-order valence-corrected chi connectivity index (χ1v) is 10.2. The van der Waals surface area contributed by atoms with Crippen molar-refractivity contribution < 1.29 is 4.79 Å². The van der Waals surface area contributed by atoms with Crippen molar-refractivity contribution in [2.24, 2.45) is 0 Å². The van der Waals surface area contributed by atoms with Crippen LogP contribution in [0.15, 0.2) is 23.4 Å². The van der Waals surface area contributed by atoms with Crippen molar-refractivity contribution >= 4 is 17.7 Å². The van der Waals surface area contributed by atoms with E-state index in [1.807, 2.05) is 19.1 Å². The van der Waals surface area contributed by atoms with Crippen molar-refractivity contribution in [3.8, 4) is 5.69 Å². The van der Waals surface area contributed by atoms with Crippen molar-refractivity contribution in [3.63, 3.8) is 0 Å². The zero-order valence-electron chi connectivity index (χ0n) is 16.0. The van der Waals surface area contributed by atoms with Gasteiger partial charge in [-0.3, -0.25) is 4.79 Å². The highest BCUT2D eigenvalue weighted by atomic mass is 32.2. The number of amides is 1. The lowest BCUT2D eigenvalue weighted by molar-refractivity contribution is -0.134. The van der Waals surface area contributed by atoms with Crippen LogP contribution in [0.25, 0.3) is 5.69 Å². The fourth-order valence-electron chi connectivity index (χ4n) is 3.53. The quantitative estimate of drug-likeness (QED) is 0.750. The Balaban J connectivity index is 1.78. The van der Waals surface area contributed by atoms with Gasteiger partial charge in [0.05, 0.1) is 10.9 Å². The lowest BCUT2D eigenvalue weighted by Gasteiger charge is -2.36. The molecule has 2 atom stereocenters. The molecule has 1 aromatic heterocycles. The van der Waals surface area contributed by atoms with Crippen molar-refractivity contribution in [2.45, 2.75) is 69.8 Å². The fraction of sp³-hybridized carbons (Fsp3) is 0.579. The highest BCUT2D eigenvalue weighted by Crippen LogP contribution is 2.28. The minimum Gasteiger partial charge on any atom is -0.339 e. The van der Waals surface area contributed by atoms with E-state index in [1.54, 1.807) is 4.68 Å². The van der Waals surface area contributed by atoms with Crippen LogP contribution in [-0.4, -0.2) is 48.9 Å². The summed E-state index contributed by atoms with van der Waals surface area (Å²) in [5, 5.41) is 12.6. The Kier molecular flexibility index (Phi) is 5.96. The van der Waals surface area contributed by atoms with E-state index in [0.717, 1.165) is 37.1 Å². The Morgan fingerprint density at radius 3 is 2.92 bits per heavy atom. The molecule has 0 N–H and O–H groups in total. The number of likely N-dealkylation sites (tertiary alicyclic amines) is 1. The smallest absolute Gasteiger partial charge is 0.236 e. The van der Waals surface area contributed by atoms with Gasteiger partial charge in [0.25, 0.3) is 0 Å². The highest BCUT2D eigenvalue weighted by molar-refractivity contribution is 8.00. The van der Waals surface area contributed by atoms with Gasteiger partial charge in [0.15, 0.2) is 0 Å². The predicted molar refractivity (Wildman–Crippen MR) is 104 cm³/mol. The Bertz CT molecular complexity index is 775. The van der Waals surface area contributed by atoms with Gasteiger partial charge in [-0.15, -0.1) is 5.10 Å². The maximum absolute atomic E-state index is 13.0. The van der Waals surface area contributed by atoms with E-state index in [0.29, 0.717) is 11.2 Å². The molecule has 140 valence electrons. The molecule has 0 saturated carbocycles. The molecule has 26 heavy (non-hydrogen) atoms. The second kappa shape index (κ2) is 8.20. The zero-order chi connectivity index (χ0) is 18.7. The van der Waals surface area contributed by atoms with Gasteiger partial charge >= 0.3 is 0 Å². The number of benzene rings is 1. The van der Waals surface area contributed by atoms with Gasteiger partial charge in [-0.1, -0.05) is 30.8 Å². The summed E-state index contributed by atoms with van der Waals surface area (Å²) < 4.78 is 1.74. The number of hydrogen-bond donors (Lipinski definition) is 0. The molecule has 2 aromatic rings. The Morgan fingerprint density at radius 1 is 1.35 bits per heavy atom. The van der Waals surface area contributed by atoms with Gasteiger partial charge in [0.2, 0.25) is 11.1 Å². The van der Waals surface area contributed by atoms with Crippen LogP contribution in [-0.2, 0) is 4.79 Å². The first-order valence-electron chi connectivity index (χ1n) is 9.35. The first-order chi connectivity index (χ1) is 12.5. The molecule has 1 aromatic carbocycles. The topological polar surface area (TPSA) is 63.9 Å². The summed E-state index contributed by atoms with van der Waals surface area (Å²) in [6.07, 6.45) is 4.44. The molecule has 1 fully saturated rings. The van der Waals surface area contributed by atoms with E-state index in [-0.39, 0.29) is 11.2 Å². The third-order valence-corrected chi connectivity index (χ3v) is 6.28. The second-order valence-electron chi connectivity index (χ2n) is 6.94. The molecule has 1 saturated heterocycles. The fourth-order valence-corrected chi connectivity index (χ4v) is 4.40. The molecular weight excluding hydrogens is 346 g/mol. The van der Waals surface area contributed by atoms with Crippen LogP contribution in [0.2, 0.25) is 0 Å². The lowest BCUT2D eigenvalue weighted by Crippen LogP contribution is -2.46. The van der Waals surface area contributed by atoms with Crippen molar-refractivity contribution in [2.75, 3.05) is 6.54 Å². The monoisotopic (exact) mass is 373 g/mol. The van der Waals surface area contributed by atoms with Crippen LogP contribution in [0.4, 0.5) is 0 Å². The van der Waals surface area contributed by atoms with Gasteiger partial charge in [-0.05, 0) is 74.1 Å². The van der Waals surface area contributed by atoms with Gasteiger partial charge in [-0.2, -0.15) is 4.68 Å². The second-order valence-corrected chi connectivity index (χ2v) is 8.25. The molecule has 1 aliphatic rings. The number of piperidine rings is 1. The number of carbonyl (C=O) groups excluding carboxylic acids is 1. The van der Waals surface area contributed by atoms with E-state index in [9.17, 15) is 4.79 Å². The maximum Gasteiger partial charge on any atom is 0.236 e. The molecule has 1 amide bonds. The predicted octanol–water partition coefficient (Wildman–Crippen LogP) is 3.55. The highest BCUT2D eigenvalue weighted by Gasteiger charge is 2.30. The van der Waals surface area contributed by atoms with Crippen LogP contribution in [0, 0.1) is 13.8 Å². The van der Waals surface area contributed by atoms with E-state index in [4.69, 9.17) is 0 Å². The molecule has 6 nitrogen and oxygen atoms in total. The van der Waals surface area contributed by atoms with Crippen molar-refractivity contribution in [1.82, 2.24) is 25.1 Å². The summed E-state index contributed by atoms with van der Waals surface area (Å²) >= 11 is 1.44. The summed E-state index contributed by atoms with van der Waals surface area (Å²) in [5.74, 6) is 0.192. The van der Waals surface area contributed by atoms with Gasteiger partial charge in [0.1, 0.15) is 0 Å². The number of tetrazole rings is 1. The van der Waals surface area contributed by atoms with Crippen LogP contribution in [0.1, 0.15) is 50.7 Å². The number of rotatable bonds is 5. The number of nitrogens with zero attached hydrogens (tertiary/aromatic N) is 5. The van der Waals surface area contributed by atoms with E-state index >= 15 is 0 Å². The third kappa shape index (κ3) is 3.77. The number of aromatic nitrogens is 4. The average molecular weight is 374 g/mol. The summed E-state index contributed by atoms with van der Waals surface area (Å²) in [7, 11) is 0. The van der Waals surface area contributed by atoms with Crippen molar-refractivity contribution in [1.29, 1.82) is 0 Å². The third-order valence-electron chi connectivity index (χ3n) is 5.26. The maximum atomic E-state index is 13.0. The van der Waals surface area contributed by atoms with Crippen LogP contribution >= 0.6 is 11.8 Å². The van der Waals surface area contributed by atoms with E-state index in [1.165, 1.54) is 23.7 Å². The van der Waals surface area contributed by atoms with E-state index < -0.39 is 0 Å². The summed E-state index contributed by atoms with van der Waals surface area (Å²) in [5.41, 5.74) is 3.29. The van der Waals surface area contributed by atoms with Crippen molar-refractivity contribution in [3.05, 3.63) is 29.3 Å². The zero-order valence-corrected chi connectivity index (χ0v) is 16.8. The summed E-state index contributed by atoms with van der Waals surface area (Å²) in [4.78, 5) is 15.1. The minimum absolute atomic E-state index is 0.192. The number of hydrogen-bond acceptors (Lipinski definition) is 5. The van der Waals surface area contributed by atoms with Crippen LogP contribution < -0.4 is 0 Å². The average Bonchev–Trinajstić information content (AvgIpc) is 3.11. The van der Waals surface area contributed by atoms with Crippen LogP contribution in [0.3, 0.4) is 0 Å². The van der Waals surface area contributed by atoms with E-state index in [2.05, 4.69) is 47.3 Å². The molecule has 0 spiro atoms. The largest absolute Gasteiger partial charge is 0.339 e. The Morgan fingerprint density at radius 2 is 2.15 bits per heavy atom. The normalized spacial score (nSPS) is 18.8. The Labute approximate surface area is 159 Å². The lowest BCUT2D eigenvalue weighted by atomic mass is 10.00. The number of thioether (sulfide) groups is 1. The SMILES string of the molecule is CC[C@@H]1CCCCN1C(=O)[C@H](C)Sc1nnnn1-c1cccc(C)c1C. The summed E-state index contributed by atoms with van der Waals surface area (Å²) in [6, 6.07) is 6.45. The molecule has 0 aliphatic carbocycles. The Hall–Kier alpha value is -1.89.